The fraction of sp³-hybridized carbons (Fsp3) is 0.194. The molecule has 0 fully saturated rings. The number of aliphatic hydroxyl groups excluding tert-OH is 1. The van der Waals surface area contributed by atoms with Gasteiger partial charge in [0.05, 0.1) is 57.0 Å². The number of fused-ring (bicyclic) bond motifs is 1. The Bertz CT molecular complexity index is 2070. The zero-order chi connectivity index (χ0) is 34.8. The van der Waals surface area contributed by atoms with Crippen molar-refractivity contribution in [2.75, 3.05) is 50.4 Å². The Morgan fingerprint density at radius 3 is 2.35 bits per heavy atom. The molecule has 0 atom stereocenters. The van der Waals surface area contributed by atoms with Crippen LogP contribution < -0.4 is 20.7 Å². The molecule has 5 aromatic rings. The second-order valence-electron chi connectivity index (χ2n) is 9.99. The quantitative estimate of drug-likeness (QED) is 0.0216. The lowest BCUT2D eigenvalue weighted by Gasteiger charge is -2.14. The minimum atomic E-state index is -3.98. The van der Waals surface area contributed by atoms with Crippen LogP contribution in [0.1, 0.15) is 5.56 Å². The predicted molar refractivity (Wildman–Crippen MR) is 183 cm³/mol. The number of rotatable bonds is 16. The Labute approximate surface area is 286 Å². The van der Waals surface area contributed by atoms with Crippen LogP contribution in [0.4, 0.5) is 40.6 Å². The number of azo groups is 1. The molecule has 0 aliphatic carbocycles. The summed E-state index contributed by atoms with van der Waals surface area (Å²) in [5.41, 5.74) is 2.91. The number of anilines is 5. The van der Waals surface area contributed by atoms with Crippen molar-refractivity contribution in [2.45, 2.75) is 16.7 Å². The van der Waals surface area contributed by atoms with Crippen LogP contribution in [0.3, 0.4) is 0 Å². The first kappa shape index (κ1) is 35.4. The minimum Gasteiger partial charge on any atom is -0.494 e. The highest BCUT2D eigenvalue weighted by Gasteiger charge is 2.18. The minimum absolute atomic E-state index is 0.0437. The summed E-state index contributed by atoms with van der Waals surface area (Å²) in [5.74, 6) is 0.905. The largest absolute Gasteiger partial charge is 0.494 e. The van der Waals surface area contributed by atoms with Gasteiger partial charge >= 0.3 is 0 Å². The van der Waals surface area contributed by atoms with Crippen LogP contribution in [-0.2, 0) is 28.6 Å². The number of aromatic nitrogens is 3. The fourth-order valence-electron chi connectivity index (χ4n) is 4.46. The Hall–Kier alpha value is -4.95. The van der Waals surface area contributed by atoms with E-state index in [-0.39, 0.29) is 35.9 Å². The smallest absolute Gasteiger partial charge is 0.297 e. The van der Waals surface area contributed by atoms with E-state index in [0.717, 1.165) is 35.0 Å². The third-order valence-corrected chi connectivity index (χ3v) is 8.48. The number of nitrogens with one attached hydrogen (secondary N) is 3. The van der Waals surface area contributed by atoms with Crippen LogP contribution in [0, 0.1) is 6.92 Å². The zero-order valence-electron chi connectivity index (χ0n) is 26.7. The van der Waals surface area contributed by atoms with Crippen molar-refractivity contribution in [1.29, 1.82) is 0 Å². The zero-order valence-corrected chi connectivity index (χ0v) is 28.3. The Kier molecular flexibility index (Phi) is 11.9. The molecule has 16 nitrogen and oxygen atoms in total. The molecular weight excluding hydrogens is 677 g/mol. The van der Waals surface area contributed by atoms with Crippen molar-refractivity contribution in [3.8, 4) is 5.75 Å². The van der Waals surface area contributed by atoms with Crippen molar-refractivity contribution < 1.29 is 36.7 Å². The van der Waals surface area contributed by atoms with E-state index >= 15 is 0 Å². The van der Waals surface area contributed by atoms with Crippen LogP contribution in [0.25, 0.3) is 10.8 Å². The summed E-state index contributed by atoms with van der Waals surface area (Å²) in [5, 5.41) is 32.8. The van der Waals surface area contributed by atoms with Crippen LogP contribution in [0.5, 0.6) is 5.75 Å². The normalized spacial score (nSPS) is 11.6. The molecule has 0 amide bonds. The van der Waals surface area contributed by atoms with Crippen LogP contribution in [-0.4, -0.2) is 63.0 Å². The molecule has 0 bridgehead atoms. The van der Waals surface area contributed by atoms with Gasteiger partial charge in [0.2, 0.25) is 17.8 Å². The number of methoxy groups -OCH3 is 1. The molecule has 4 N–H and O–H groups in total. The highest BCUT2D eigenvalue weighted by atomic mass is 32.2. The summed E-state index contributed by atoms with van der Waals surface area (Å²) in [6, 6.07) is 21.0. The summed E-state index contributed by atoms with van der Waals surface area (Å²) in [4.78, 5) is 18.5. The molecule has 18 heteroatoms. The number of benzene rings is 4. The standard InChI is InChI=1S/C31H32N8O8S2/c1-19-14-20-8-9-21(17-25(20)28(15-19)49(41,42)45-4)33-30-35-29(32-12-13-40)36-31(37-30)34-26-11-10-23(18-27(26)43-2)39-38-22-6-5-7-24(16-22)48-47-46-44-3/h5-11,14-18,40H,12-13H2,1-4H3,(H3,32,33,34,35,36,37). The SMILES string of the molecule is COOOSc1cccc(N=Nc2ccc(Nc3nc(NCCO)nc(Nc4ccc5cc(C)cc(S(=O)(=O)OC)c5c4)n3)c(OC)c2)c1. The number of hydrogen-bond donors (Lipinski definition) is 4. The van der Waals surface area contributed by atoms with E-state index in [4.69, 9.17) is 13.3 Å². The van der Waals surface area contributed by atoms with E-state index in [1.54, 1.807) is 60.7 Å². The maximum Gasteiger partial charge on any atom is 0.297 e. The monoisotopic (exact) mass is 708 g/mol. The van der Waals surface area contributed by atoms with E-state index in [1.165, 1.54) is 14.2 Å². The average molecular weight is 709 g/mol. The maximum atomic E-state index is 12.7. The van der Waals surface area contributed by atoms with Gasteiger partial charge < -0.3 is 25.8 Å². The lowest BCUT2D eigenvalue weighted by atomic mass is 10.1. The van der Waals surface area contributed by atoms with E-state index < -0.39 is 10.1 Å². The van der Waals surface area contributed by atoms with Crippen molar-refractivity contribution in [1.82, 2.24) is 15.0 Å². The van der Waals surface area contributed by atoms with Gasteiger partial charge in [-0.15, -0.1) is 4.33 Å². The van der Waals surface area contributed by atoms with Crippen molar-refractivity contribution >= 4 is 73.5 Å². The molecule has 0 radical (unpaired) electrons. The Morgan fingerprint density at radius 2 is 1.61 bits per heavy atom. The molecule has 0 saturated carbocycles. The second kappa shape index (κ2) is 16.4. The van der Waals surface area contributed by atoms with Crippen LogP contribution >= 0.6 is 12.0 Å². The van der Waals surface area contributed by atoms with Gasteiger partial charge in [-0.1, -0.05) is 23.2 Å². The van der Waals surface area contributed by atoms with Gasteiger partial charge in [-0.2, -0.15) is 33.6 Å². The Balaban J connectivity index is 1.40. The molecule has 0 aliphatic rings. The van der Waals surface area contributed by atoms with Crippen molar-refractivity contribution in [3.63, 3.8) is 0 Å². The van der Waals surface area contributed by atoms with Gasteiger partial charge in [0, 0.05) is 28.6 Å². The lowest BCUT2D eigenvalue weighted by molar-refractivity contribution is -0.447. The van der Waals surface area contributed by atoms with E-state index in [1.807, 2.05) is 19.1 Å². The van der Waals surface area contributed by atoms with Gasteiger partial charge in [-0.25, -0.2) is 4.89 Å². The van der Waals surface area contributed by atoms with Gasteiger partial charge in [-0.3, -0.25) is 4.18 Å². The molecule has 1 heterocycles. The summed E-state index contributed by atoms with van der Waals surface area (Å²) >= 11 is 0.958. The molecule has 0 unspecified atom stereocenters. The van der Waals surface area contributed by atoms with Crippen molar-refractivity contribution in [2.24, 2.45) is 10.2 Å². The molecule has 49 heavy (non-hydrogen) atoms. The van der Waals surface area contributed by atoms with E-state index in [0.29, 0.717) is 33.9 Å². The molecular formula is C31H32N8O8S2. The topological polar surface area (TPSA) is 200 Å². The van der Waals surface area contributed by atoms with Gasteiger partial charge in [-0.05, 0) is 66.4 Å². The third-order valence-electron chi connectivity index (χ3n) is 6.59. The summed E-state index contributed by atoms with van der Waals surface area (Å²) < 4.78 is 40.6. The molecule has 0 aliphatic heterocycles. The first-order valence-electron chi connectivity index (χ1n) is 14.4. The molecule has 256 valence electrons. The van der Waals surface area contributed by atoms with Crippen LogP contribution in [0.2, 0.25) is 0 Å². The summed E-state index contributed by atoms with van der Waals surface area (Å²) in [6.07, 6.45) is 0. The van der Waals surface area contributed by atoms with E-state index in [2.05, 4.69) is 51.1 Å². The number of aliphatic hydroxyl groups is 1. The number of hydrogen-bond acceptors (Lipinski definition) is 17. The van der Waals surface area contributed by atoms with Crippen molar-refractivity contribution in [3.05, 3.63) is 78.4 Å². The third kappa shape index (κ3) is 9.36. The fourth-order valence-corrected chi connectivity index (χ4v) is 5.89. The van der Waals surface area contributed by atoms with Gasteiger partial charge in [0.15, 0.2) is 0 Å². The molecule has 1 aromatic heterocycles. The highest BCUT2D eigenvalue weighted by molar-refractivity contribution is 7.94. The highest BCUT2D eigenvalue weighted by Crippen LogP contribution is 2.34. The summed E-state index contributed by atoms with van der Waals surface area (Å²) in [7, 11) is -0.0142. The maximum absolute atomic E-state index is 12.7. The summed E-state index contributed by atoms with van der Waals surface area (Å²) in [6.45, 7) is 1.85. The van der Waals surface area contributed by atoms with Crippen LogP contribution in [0.15, 0.2) is 92.8 Å². The molecule has 5 rings (SSSR count). The van der Waals surface area contributed by atoms with Gasteiger partial charge in [0.25, 0.3) is 10.1 Å². The number of nitrogens with zero attached hydrogens (tertiary/aromatic N) is 5. The molecule has 0 spiro atoms. The number of aryl methyl sites for hydroxylation is 1. The predicted octanol–water partition coefficient (Wildman–Crippen LogP) is 6.50. The number of ether oxygens (including phenoxy) is 1. The molecule has 0 saturated heterocycles. The van der Waals surface area contributed by atoms with Gasteiger partial charge in [0.1, 0.15) is 10.6 Å². The Morgan fingerprint density at radius 1 is 0.857 bits per heavy atom. The molecule has 4 aromatic carbocycles. The first-order valence-corrected chi connectivity index (χ1v) is 16.6. The second-order valence-corrected chi connectivity index (χ2v) is 12.4. The van der Waals surface area contributed by atoms with E-state index in [9.17, 15) is 13.5 Å². The lowest BCUT2D eigenvalue weighted by Crippen LogP contribution is -2.12. The first-order chi connectivity index (χ1) is 23.7. The average Bonchev–Trinajstić information content (AvgIpc) is 3.10.